The first-order chi connectivity index (χ1) is 16.5. The Morgan fingerprint density at radius 3 is 2.57 bits per heavy atom. The summed E-state index contributed by atoms with van der Waals surface area (Å²) in [4.78, 5) is 24.0. The van der Waals surface area contributed by atoms with Gasteiger partial charge in [0.2, 0.25) is 0 Å². The van der Waals surface area contributed by atoms with Crippen LogP contribution in [0.4, 0.5) is 23.7 Å². The molecule has 1 atom stereocenters. The van der Waals surface area contributed by atoms with Crippen molar-refractivity contribution in [2.24, 2.45) is 0 Å². The highest BCUT2D eigenvalue weighted by molar-refractivity contribution is 8.00. The Labute approximate surface area is 200 Å². The van der Waals surface area contributed by atoms with E-state index in [1.807, 2.05) is 4.90 Å². The topological polar surface area (TPSA) is 96.2 Å². The second-order valence-electron chi connectivity index (χ2n) is 8.29. The third-order valence-electron chi connectivity index (χ3n) is 5.44. The molecule has 1 fully saturated rings. The number of hydrogen-bond acceptors (Lipinski definition) is 6. The Kier molecular flexibility index (Phi) is 6.81. The van der Waals surface area contributed by atoms with Gasteiger partial charge in [-0.2, -0.15) is 23.0 Å². The van der Waals surface area contributed by atoms with E-state index in [0.29, 0.717) is 43.1 Å². The van der Waals surface area contributed by atoms with E-state index in [-0.39, 0.29) is 18.1 Å². The van der Waals surface area contributed by atoms with Gasteiger partial charge in [-0.25, -0.2) is 19.0 Å². The van der Waals surface area contributed by atoms with Gasteiger partial charge in [-0.1, -0.05) is 12.1 Å². The minimum Gasteiger partial charge on any atom is -0.320 e. The summed E-state index contributed by atoms with van der Waals surface area (Å²) in [6.45, 7) is 1.59. The smallest absolute Gasteiger partial charge is 0.320 e. The zero-order valence-corrected chi connectivity index (χ0v) is 19.7. The van der Waals surface area contributed by atoms with Crippen molar-refractivity contribution in [2.45, 2.75) is 12.7 Å². The maximum Gasteiger partial charge on any atom is 0.416 e. The van der Waals surface area contributed by atoms with E-state index in [0.717, 1.165) is 10.7 Å². The predicted molar refractivity (Wildman–Crippen MR) is 127 cm³/mol. The number of piperazine rings is 1. The third kappa shape index (κ3) is 6.17. The number of hydrogen-bond donors (Lipinski definition) is 1. The molecule has 0 spiro atoms. The summed E-state index contributed by atoms with van der Waals surface area (Å²) >= 11 is 0. The van der Waals surface area contributed by atoms with Gasteiger partial charge in [-0.15, -0.1) is 0 Å². The molecule has 1 amide bonds. The van der Waals surface area contributed by atoms with Crippen LogP contribution in [0.3, 0.4) is 0 Å². The van der Waals surface area contributed by atoms with Crippen LogP contribution in [-0.4, -0.2) is 78.1 Å². The summed E-state index contributed by atoms with van der Waals surface area (Å²) in [5.41, 5.74) is 0.641. The van der Waals surface area contributed by atoms with E-state index in [9.17, 15) is 22.2 Å². The fourth-order valence-electron chi connectivity index (χ4n) is 3.81. The highest BCUT2D eigenvalue weighted by atomic mass is 32.2. The Morgan fingerprint density at radius 2 is 1.94 bits per heavy atom. The molecule has 35 heavy (non-hydrogen) atoms. The van der Waals surface area contributed by atoms with Crippen molar-refractivity contribution in [2.75, 3.05) is 37.2 Å². The molecule has 186 valence electrons. The molecule has 9 nitrogen and oxygen atoms in total. The van der Waals surface area contributed by atoms with Crippen molar-refractivity contribution in [3.05, 3.63) is 60.3 Å². The third-order valence-corrected chi connectivity index (χ3v) is 6.11. The van der Waals surface area contributed by atoms with Gasteiger partial charge in [0.15, 0.2) is 0 Å². The molecule has 4 rings (SSSR count). The molecule has 3 heterocycles. The zero-order valence-electron chi connectivity index (χ0n) is 18.9. The first kappa shape index (κ1) is 24.7. The quantitative estimate of drug-likeness (QED) is 0.534. The van der Waals surface area contributed by atoms with Crippen LogP contribution in [-0.2, 0) is 22.4 Å². The van der Waals surface area contributed by atoms with Crippen LogP contribution >= 0.6 is 0 Å². The molecule has 3 aromatic rings. The van der Waals surface area contributed by atoms with Crippen molar-refractivity contribution in [3.63, 3.8) is 0 Å². The van der Waals surface area contributed by atoms with Gasteiger partial charge in [0, 0.05) is 60.4 Å². The minimum atomic E-state index is -4.52. The number of carbonyl (C=O) groups excluding carboxylic acids is 1. The summed E-state index contributed by atoms with van der Waals surface area (Å²) in [6.07, 6.45) is 2.50. The fraction of sp³-hybridized carbons (Fsp3) is 0.318. The van der Waals surface area contributed by atoms with Crippen LogP contribution in [0.1, 0.15) is 11.1 Å². The van der Waals surface area contributed by atoms with Crippen molar-refractivity contribution < 1.29 is 22.2 Å². The van der Waals surface area contributed by atoms with E-state index in [2.05, 4.69) is 25.7 Å². The van der Waals surface area contributed by atoms with Crippen LogP contribution < -0.4 is 4.72 Å². The van der Waals surface area contributed by atoms with E-state index < -0.39 is 21.4 Å². The van der Waals surface area contributed by atoms with Gasteiger partial charge in [0.1, 0.15) is 6.33 Å². The lowest BCUT2D eigenvalue weighted by Gasteiger charge is -2.34. The molecule has 13 heteroatoms. The maximum absolute atomic E-state index is 13.8. The van der Waals surface area contributed by atoms with Gasteiger partial charge in [0.25, 0.3) is 0 Å². The van der Waals surface area contributed by atoms with Crippen LogP contribution in [0.25, 0.3) is 11.3 Å². The number of amides is 1. The number of nitrogens with one attached hydrogen (secondary N) is 1. The van der Waals surface area contributed by atoms with Crippen molar-refractivity contribution >= 4 is 27.3 Å². The maximum atomic E-state index is 13.8. The normalized spacial score (nSPS) is 16.6. The van der Waals surface area contributed by atoms with Crippen molar-refractivity contribution in [1.82, 2.24) is 29.5 Å². The SMILES string of the molecule is C=S(C)(=O)Nc1cnn(C(=O)N2CCN(Cc3ccc(-c4ccncn4)cc3C(F)(F)F)CC2)c1. The molecule has 0 bridgehead atoms. The number of halogens is 3. The fourth-order valence-corrected chi connectivity index (χ4v) is 4.42. The lowest BCUT2D eigenvalue weighted by atomic mass is 10.0. The van der Waals surface area contributed by atoms with Crippen LogP contribution in [0.15, 0.2) is 49.2 Å². The van der Waals surface area contributed by atoms with Gasteiger partial charge in [-0.05, 0) is 23.6 Å². The molecule has 2 aromatic heterocycles. The first-order valence-electron chi connectivity index (χ1n) is 10.6. The number of anilines is 1. The molecule has 1 saturated heterocycles. The molecular formula is C22H24F3N7O2S. The van der Waals surface area contributed by atoms with Crippen LogP contribution in [0.2, 0.25) is 0 Å². The monoisotopic (exact) mass is 507 g/mol. The standard InChI is InChI=1S/C22H24F3N7O2S/c1-35(2,34)29-18-12-28-32(14-18)21(33)31-9-7-30(8-10-31)13-17-4-3-16(11-19(17)22(23,24)25)20-5-6-26-15-27-20/h3-6,11-12,14-15H,1,7-10,13H2,2H3,(H,29,34). The van der Waals surface area contributed by atoms with E-state index in [1.54, 1.807) is 17.0 Å². The lowest BCUT2D eigenvalue weighted by molar-refractivity contribution is -0.138. The summed E-state index contributed by atoms with van der Waals surface area (Å²) in [5.74, 6) is 3.50. The molecule has 1 aromatic carbocycles. The molecule has 1 aliphatic rings. The largest absolute Gasteiger partial charge is 0.416 e. The minimum absolute atomic E-state index is 0.102. The van der Waals surface area contributed by atoms with Gasteiger partial charge < -0.3 is 9.62 Å². The zero-order chi connectivity index (χ0) is 25.2. The molecule has 0 radical (unpaired) electrons. The Balaban J connectivity index is 1.42. The predicted octanol–water partition coefficient (Wildman–Crippen LogP) is 2.82. The summed E-state index contributed by atoms with van der Waals surface area (Å²) < 4.78 is 57.0. The van der Waals surface area contributed by atoms with Crippen LogP contribution in [0, 0.1) is 0 Å². The van der Waals surface area contributed by atoms with E-state index >= 15 is 0 Å². The summed E-state index contributed by atoms with van der Waals surface area (Å²) in [5, 5.41) is 4.00. The van der Waals surface area contributed by atoms with Gasteiger partial charge in [0.05, 0.1) is 29.3 Å². The number of nitrogens with zero attached hydrogens (tertiary/aromatic N) is 6. The molecule has 1 N–H and O–H groups in total. The average Bonchev–Trinajstić information content (AvgIpc) is 3.26. The van der Waals surface area contributed by atoms with Crippen molar-refractivity contribution in [1.29, 1.82) is 0 Å². The van der Waals surface area contributed by atoms with E-state index in [4.69, 9.17) is 0 Å². The summed E-state index contributed by atoms with van der Waals surface area (Å²) in [7, 11) is -2.51. The Morgan fingerprint density at radius 1 is 1.20 bits per heavy atom. The molecule has 0 aliphatic carbocycles. The Hall–Kier alpha value is -3.45. The number of benzene rings is 1. The van der Waals surface area contributed by atoms with Gasteiger partial charge in [-0.3, -0.25) is 4.90 Å². The number of aromatic nitrogens is 4. The van der Waals surface area contributed by atoms with Crippen LogP contribution in [0.5, 0.6) is 0 Å². The molecule has 0 saturated carbocycles. The highest BCUT2D eigenvalue weighted by Gasteiger charge is 2.34. The Bertz CT molecular complexity index is 1300. The van der Waals surface area contributed by atoms with Gasteiger partial charge >= 0.3 is 12.2 Å². The highest BCUT2D eigenvalue weighted by Crippen LogP contribution is 2.35. The number of rotatable bonds is 5. The van der Waals surface area contributed by atoms with E-state index in [1.165, 1.54) is 37.2 Å². The second kappa shape index (κ2) is 9.66. The number of carbonyl (C=O) groups is 1. The second-order valence-corrected chi connectivity index (χ2v) is 10.5. The molecular weight excluding hydrogens is 483 g/mol. The average molecular weight is 508 g/mol. The molecule has 1 aliphatic heterocycles. The van der Waals surface area contributed by atoms with Crippen molar-refractivity contribution in [3.8, 4) is 11.3 Å². The first-order valence-corrected chi connectivity index (χ1v) is 12.8. The number of alkyl halides is 3. The molecule has 1 unspecified atom stereocenters. The lowest BCUT2D eigenvalue weighted by Crippen LogP contribution is -2.49. The summed E-state index contributed by atoms with van der Waals surface area (Å²) in [6, 6.07) is 5.40.